The van der Waals surface area contributed by atoms with Gasteiger partial charge >= 0.3 is 0 Å². The Kier molecular flexibility index (Phi) is 3.55. The van der Waals surface area contributed by atoms with Crippen molar-refractivity contribution >= 4 is 11.8 Å². The van der Waals surface area contributed by atoms with E-state index in [0.29, 0.717) is 11.0 Å². The van der Waals surface area contributed by atoms with Gasteiger partial charge in [0.15, 0.2) is 17.2 Å². The molecule has 1 atom stereocenters. The Balaban J connectivity index is 1.56. The molecular weight excluding hydrogens is 346 g/mol. The molecule has 0 fully saturated rings. The maximum atomic E-state index is 10.8. The fraction of sp³-hybridized carbons (Fsp3) is 0.0526. The fourth-order valence-corrected chi connectivity index (χ4v) is 3.83. The zero-order valence-corrected chi connectivity index (χ0v) is 14.3. The minimum absolute atomic E-state index is 0.560. The van der Waals surface area contributed by atoms with Gasteiger partial charge < -0.3 is 5.11 Å². The van der Waals surface area contributed by atoms with Crippen LogP contribution in [0.5, 0.6) is 0 Å². The minimum atomic E-state index is -0.916. The first-order valence-corrected chi connectivity index (χ1v) is 8.89. The van der Waals surface area contributed by atoms with E-state index in [2.05, 4.69) is 20.1 Å². The first-order valence-electron chi connectivity index (χ1n) is 8.08. The molecule has 1 aliphatic rings. The van der Waals surface area contributed by atoms with Crippen molar-refractivity contribution in [2.45, 2.75) is 16.4 Å². The van der Waals surface area contributed by atoms with Gasteiger partial charge in [0.2, 0.25) is 0 Å². The van der Waals surface area contributed by atoms with Crippen molar-refractivity contribution in [3.63, 3.8) is 0 Å². The molecule has 7 heteroatoms. The second kappa shape index (κ2) is 6.05. The van der Waals surface area contributed by atoms with Crippen LogP contribution < -0.4 is 0 Å². The SMILES string of the molecule is OC1c2cc(-c3ccccc3)cnc2Sc2nc(-c3ccncc3)nn21. The number of nitrogens with zero attached hydrogens (tertiary/aromatic N) is 5. The molecule has 0 aliphatic carbocycles. The number of pyridine rings is 2. The summed E-state index contributed by atoms with van der Waals surface area (Å²) in [5, 5.41) is 16.7. The Bertz CT molecular complexity index is 1080. The molecule has 0 bridgehead atoms. The molecule has 4 heterocycles. The Morgan fingerprint density at radius 2 is 1.77 bits per heavy atom. The number of aromatic nitrogens is 5. The summed E-state index contributed by atoms with van der Waals surface area (Å²) in [5.41, 5.74) is 3.61. The highest BCUT2D eigenvalue weighted by molar-refractivity contribution is 7.99. The molecule has 0 saturated carbocycles. The smallest absolute Gasteiger partial charge is 0.195 e. The van der Waals surface area contributed by atoms with E-state index in [4.69, 9.17) is 0 Å². The lowest BCUT2D eigenvalue weighted by Gasteiger charge is -2.21. The van der Waals surface area contributed by atoms with Crippen molar-refractivity contribution in [2.75, 3.05) is 0 Å². The van der Waals surface area contributed by atoms with E-state index in [1.807, 2.05) is 54.7 Å². The maximum Gasteiger partial charge on any atom is 0.195 e. The molecule has 1 N–H and O–H groups in total. The zero-order chi connectivity index (χ0) is 17.5. The average Bonchev–Trinajstić information content (AvgIpc) is 3.14. The van der Waals surface area contributed by atoms with Gasteiger partial charge in [-0.25, -0.2) is 14.6 Å². The van der Waals surface area contributed by atoms with Crippen LogP contribution in [0.2, 0.25) is 0 Å². The summed E-state index contributed by atoms with van der Waals surface area (Å²) in [6, 6.07) is 15.6. The maximum absolute atomic E-state index is 10.8. The second-order valence-corrected chi connectivity index (χ2v) is 6.81. The first-order chi connectivity index (χ1) is 12.8. The average molecular weight is 359 g/mol. The molecule has 0 amide bonds. The van der Waals surface area contributed by atoms with Crippen molar-refractivity contribution in [2.24, 2.45) is 0 Å². The number of benzene rings is 1. The Hall–Kier alpha value is -3.03. The van der Waals surface area contributed by atoms with Crippen molar-refractivity contribution in [1.29, 1.82) is 0 Å². The summed E-state index contributed by atoms with van der Waals surface area (Å²) < 4.78 is 1.54. The molecular formula is C19H13N5OS. The van der Waals surface area contributed by atoms with Crippen molar-refractivity contribution in [1.82, 2.24) is 24.7 Å². The van der Waals surface area contributed by atoms with Crippen LogP contribution in [0, 0.1) is 0 Å². The lowest BCUT2D eigenvalue weighted by atomic mass is 10.1. The van der Waals surface area contributed by atoms with Gasteiger partial charge in [-0.3, -0.25) is 4.98 Å². The van der Waals surface area contributed by atoms with Gasteiger partial charge in [0, 0.05) is 35.3 Å². The van der Waals surface area contributed by atoms with Gasteiger partial charge in [-0.05, 0) is 35.5 Å². The molecule has 5 rings (SSSR count). The molecule has 6 nitrogen and oxygen atoms in total. The van der Waals surface area contributed by atoms with Crippen LogP contribution in [-0.4, -0.2) is 29.8 Å². The summed E-state index contributed by atoms with van der Waals surface area (Å²) in [6.45, 7) is 0. The third-order valence-corrected chi connectivity index (χ3v) is 5.22. The number of rotatable bonds is 2. The van der Waals surface area contributed by atoms with E-state index in [-0.39, 0.29) is 0 Å². The summed E-state index contributed by atoms with van der Waals surface area (Å²) in [6.07, 6.45) is 4.30. The topological polar surface area (TPSA) is 76.7 Å². The fourth-order valence-electron chi connectivity index (χ4n) is 2.91. The molecule has 0 spiro atoms. The predicted octanol–water partition coefficient (Wildman–Crippen LogP) is 3.41. The molecule has 1 unspecified atom stereocenters. The quantitative estimate of drug-likeness (QED) is 0.591. The van der Waals surface area contributed by atoms with Crippen molar-refractivity contribution < 1.29 is 5.11 Å². The molecule has 126 valence electrons. The Morgan fingerprint density at radius 1 is 0.962 bits per heavy atom. The second-order valence-electron chi connectivity index (χ2n) is 5.86. The van der Waals surface area contributed by atoms with Crippen LogP contribution in [0.1, 0.15) is 11.8 Å². The van der Waals surface area contributed by atoms with Crippen LogP contribution in [0.15, 0.2) is 77.3 Å². The molecule has 26 heavy (non-hydrogen) atoms. The molecule has 4 aromatic rings. The minimum Gasteiger partial charge on any atom is -0.368 e. The first kappa shape index (κ1) is 15.2. The van der Waals surface area contributed by atoms with Gasteiger partial charge in [-0.15, -0.1) is 5.10 Å². The summed E-state index contributed by atoms with van der Waals surface area (Å²) in [7, 11) is 0. The number of hydrogen-bond acceptors (Lipinski definition) is 6. The van der Waals surface area contributed by atoms with E-state index in [0.717, 1.165) is 27.3 Å². The third kappa shape index (κ3) is 2.49. The Labute approximate surface area is 153 Å². The van der Waals surface area contributed by atoms with Gasteiger partial charge in [-0.1, -0.05) is 30.3 Å². The van der Waals surface area contributed by atoms with Crippen LogP contribution >= 0.6 is 11.8 Å². The molecule has 1 aromatic carbocycles. The lowest BCUT2D eigenvalue weighted by molar-refractivity contribution is 0.115. The summed E-state index contributed by atoms with van der Waals surface area (Å²) >= 11 is 1.41. The van der Waals surface area contributed by atoms with Gasteiger partial charge in [-0.2, -0.15) is 0 Å². The van der Waals surface area contributed by atoms with Crippen molar-refractivity contribution in [3.05, 3.63) is 72.7 Å². The monoisotopic (exact) mass is 359 g/mol. The van der Waals surface area contributed by atoms with Gasteiger partial charge in [0.1, 0.15) is 5.03 Å². The molecule has 1 aliphatic heterocycles. The molecule has 3 aromatic heterocycles. The van der Waals surface area contributed by atoms with Gasteiger partial charge in [0.05, 0.1) is 0 Å². The number of fused-ring (bicyclic) bond motifs is 2. The van der Waals surface area contributed by atoms with Crippen LogP contribution in [0.3, 0.4) is 0 Å². The highest BCUT2D eigenvalue weighted by atomic mass is 32.2. The largest absolute Gasteiger partial charge is 0.368 e. The van der Waals surface area contributed by atoms with Gasteiger partial charge in [0.25, 0.3) is 0 Å². The van der Waals surface area contributed by atoms with Crippen LogP contribution in [-0.2, 0) is 0 Å². The van der Waals surface area contributed by atoms with E-state index < -0.39 is 6.23 Å². The van der Waals surface area contributed by atoms with E-state index >= 15 is 0 Å². The normalized spacial score (nSPS) is 15.3. The standard InChI is InChI=1S/C19H13N5OS/c25-18-15-10-14(12-4-2-1-3-5-12)11-21-17(15)26-19-22-16(23-24(18)19)13-6-8-20-9-7-13/h1-11,18,25H. The van der Waals surface area contributed by atoms with Crippen LogP contribution in [0.4, 0.5) is 0 Å². The number of aliphatic hydroxyl groups is 1. The van der Waals surface area contributed by atoms with E-state index in [1.165, 1.54) is 11.8 Å². The highest BCUT2D eigenvalue weighted by Gasteiger charge is 2.29. The third-order valence-electron chi connectivity index (χ3n) is 4.22. The van der Waals surface area contributed by atoms with E-state index in [1.54, 1.807) is 17.1 Å². The predicted molar refractivity (Wildman–Crippen MR) is 97.4 cm³/mol. The van der Waals surface area contributed by atoms with E-state index in [9.17, 15) is 5.11 Å². The molecule has 0 radical (unpaired) electrons. The summed E-state index contributed by atoms with van der Waals surface area (Å²) in [4.78, 5) is 13.1. The summed E-state index contributed by atoms with van der Waals surface area (Å²) in [5.74, 6) is 0.560. The zero-order valence-electron chi connectivity index (χ0n) is 13.5. The Morgan fingerprint density at radius 3 is 2.58 bits per heavy atom. The van der Waals surface area contributed by atoms with Crippen molar-refractivity contribution in [3.8, 4) is 22.5 Å². The number of aliphatic hydroxyl groups excluding tert-OH is 1. The van der Waals surface area contributed by atoms with Crippen LogP contribution in [0.25, 0.3) is 22.5 Å². The number of hydrogen-bond donors (Lipinski definition) is 1. The highest BCUT2D eigenvalue weighted by Crippen LogP contribution is 2.40. The molecule has 0 saturated heterocycles. The lowest BCUT2D eigenvalue weighted by Crippen LogP contribution is -2.18.